The van der Waals surface area contributed by atoms with Gasteiger partial charge in [-0.3, -0.25) is 0 Å². The molecule has 0 spiro atoms. The Kier molecular flexibility index (Phi) is 2.86. The molecule has 2 atom stereocenters. The van der Waals surface area contributed by atoms with E-state index in [0.29, 0.717) is 5.92 Å². The van der Waals surface area contributed by atoms with Gasteiger partial charge >= 0.3 is 0 Å². The largest absolute Gasteiger partial charge is 0.304 e. The van der Waals surface area contributed by atoms with Crippen molar-refractivity contribution in [3.63, 3.8) is 0 Å². The fraction of sp³-hybridized carbons (Fsp3) is 0.412. The van der Waals surface area contributed by atoms with Gasteiger partial charge in [-0.25, -0.2) is 0 Å². The van der Waals surface area contributed by atoms with E-state index >= 15 is 0 Å². The lowest BCUT2D eigenvalue weighted by atomic mass is 9.75. The van der Waals surface area contributed by atoms with Crippen molar-refractivity contribution < 1.29 is 0 Å². The Labute approximate surface area is 129 Å². The topological polar surface area (TPSA) is 3.24 Å². The number of nitrogens with zero attached hydrogens (tertiary/aromatic N) is 1. The van der Waals surface area contributed by atoms with Crippen LogP contribution in [0, 0.1) is 0 Å². The van der Waals surface area contributed by atoms with Crippen LogP contribution in [0.1, 0.15) is 44.7 Å². The molecule has 1 aromatic rings. The maximum atomic E-state index is 2.47. The van der Waals surface area contributed by atoms with Crippen molar-refractivity contribution in [1.82, 2.24) is 0 Å². The third-order valence-corrected chi connectivity index (χ3v) is 5.87. The van der Waals surface area contributed by atoms with Crippen LogP contribution in [0.15, 0.2) is 42.5 Å². The lowest BCUT2D eigenvalue weighted by molar-refractivity contribution is 0.545. The third kappa shape index (κ3) is 1.79. The molecule has 100 valence electrons. The Morgan fingerprint density at radius 3 is 2.63 bits per heavy atom. The summed E-state index contributed by atoms with van der Waals surface area (Å²) in [5.74, 6) is 0.458. The van der Waals surface area contributed by atoms with Crippen LogP contribution in [-0.2, 0) is 5.41 Å². The third-order valence-electron chi connectivity index (χ3n) is 4.31. The van der Waals surface area contributed by atoms with E-state index in [0.717, 1.165) is 0 Å². The second-order valence-electron chi connectivity index (χ2n) is 6.72. The van der Waals surface area contributed by atoms with Crippen molar-refractivity contribution >= 4 is 28.6 Å². The Morgan fingerprint density at radius 2 is 1.95 bits per heavy atom. The van der Waals surface area contributed by atoms with Gasteiger partial charge in [0.05, 0.1) is 34.1 Å². The zero-order valence-corrected chi connectivity index (χ0v) is 14.1. The second-order valence-corrected chi connectivity index (χ2v) is 7.68. The molecule has 0 radical (unpaired) electrons. The number of benzene rings is 1. The molecule has 0 bridgehead atoms. The molecule has 19 heavy (non-hydrogen) atoms. The highest BCUT2D eigenvalue weighted by Gasteiger charge is 2.47. The van der Waals surface area contributed by atoms with Crippen molar-refractivity contribution in [3.05, 3.63) is 53.6 Å². The molecule has 0 saturated heterocycles. The highest BCUT2D eigenvalue weighted by molar-refractivity contribution is 14.1. The fourth-order valence-electron chi connectivity index (χ4n) is 3.26. The van der Waals surface area contributed by atoms with E-state index in [-0.39, 0.29) is 11.0 Å². The van der Waals surface area contributed by atoms with Crippen molar-refractivity contribution in [2.75, 3.05) is 3.11 Å². The molecule has 1 aliphatic carbocycles. The summed E-state index contributed by atoms with van der Waals surface area (Å²) < 4.78 is 2.40. The van der Waals surface area contributed by atoms with E-state index in [9.17, 15) is 0 Å². The maximum Gasteiger partial charge on any atom is 0.0759 e. The highest BCUT2D eigenvalue weighted by Crippen LogP contribution is 2.54. The SMILES string of the molecule is CC(C)(C)c1cccc2c1C1C=CC=CC1(C)N2I. The summed E-state index contributed by atoms with van der Waals surface area (Å²) in [4.78, 5) is 0. The minimum absolute atomic E-state index is 0.0684. The molecule has 3 rings (SSSR count). The van der Waals surface area contributed by atoms with Crippen molar-refractivity contribution in [2.24, 2.45) is 0 Å². The summed E-state index contributed by atoms with van der Waals surface area (Å²) in [6, 6.07) is 6.74. The monoisotopic (exact) mass is 365 g/mol. The predicted molar refractivity (Wildman–Crippen MR) is 91.1 cm³/mol. The van der Waals surface area contributed by atoms with Gasteiger partial charge in [0.25, 0.3) is 0 Å². The van der Waals surface area contributed by atoms with Gasteiger partial charge in [0.1, 0.15) is 0 Å². The maximum absolute atomic E-state index is 2.47. The zero-order valence-electron chi connectivity index (χ0n) is 11.9. The average molecular weight is 365 g/mol. The van der Waals surface area contributed by atoms with Gasteiger partial charge in [0.15, 0.2) is 0 Å². The first-order valence-electron chi connectivity index (χ1n) is 6.81. The Hall–Kier alpha value is -0.770. The van der Waals surface area contributed by atoms with Gasteiger partial charge in [-0.1, -0.05) is 57.2 Å². The molecular formula is C17H20IN. The van der Waals surface area contributed by atoms with Crippen LogP contribution in [0.4, 0.5) is 5.69 Å². The van der Waals surface area contributed by atoms with Crippen molar-refractivity contribution in [2.45, 2.75) is 44.6 Å². The molecule has 0 saturated carbocycles. The van der Waals surface area contributed by atoms with Gasteiger partial charge in [-0.2, -0.15) is 0 Å². The Balaban J connectivity index is 2.27. The number of allylic oxidation sites excluding steroid dienone is 2. The Bertz CT molecular complexity index is 579. The summed E-state index contributed by atoms with van der Waals surface area (Å²) in [5.41, 5.74) is 4.60. The first-order valence-corrected chi connectivity index (χ1v) is 7.77. The summed E-state index contributed by atoms with van der Waals surface area (Å²) in [7, 11) is 0. The van der Waals surface area contributed by atoms with Crippen molar-refractivity contribution in [3.8, 4) is 0 Å². The molecule has 0 fully saturated rings. The molecule has 2 heteroatoms. The lowest BCUT2D eigenvalue weighted by Crippen LogP contribution is -2.38. The van der Waals surface area contributed by atoms with Gasteiger partial charge < -0.3 is 3.11 Å². The number of anilines is 1. The molecule has 0 aromatic heterocycles. The minimum atomic E-state index is 0.0684. The molecule has 2 aliphatic rings. The first kappa shape index (κ1) is 13.2. The zero-order chi connectivity index (χ0) is 13.8. The van der Waals surface area contributed by atoms with Crippen LogP contribution in [-0.4, -0.2) is 5.54 Å². The minimum Gasteiger partial charge on any atom is -0.304 e. The lowest BCUT2D eigenvalue weighted by Gasteiger charge is -2.35. The van der Waals surface area contributed by atoms with Gasteiger partial charge in [-0.05, 0) is 29.5 Å². The summed E-state index contributed by atoms with van der Waals surface area (Å²) in [6.07, 6.45) is 9.04. The van der Waals surface area contributed by atoms with E-state index in [1.54, 1.807) is 0 Å². The predicted octanol–water partition coefficient (Wildman–Crippen LogP) is 5.12. The number of rotatable bonds is 0. The fourth-order valence-corrected chi connectivity index (χ4v) is 4.15. The van der Waals surface area contributed by atoms with Crippen LogP contribution in [0.5, 0.6) is 0 Å². The standard InChI is InChI=1S/C17H20IN/c1-16(2,3)12-9-7-10-14-15(12)13-8-5-6-11-17(13,4)19(14)18/h5-11,13H,1-4H3. The number of hydrogen-bond acceptors (Lipinski definition) is 1. The highest BCUT2D eigenvalue weighted by atomic mass is 127. The first-order chi connectivity index (χ1) is 8.86. The van der Waals surface area contributed by atoms with Crippen LogP contribution < -0.4 is 3.11 Å². The molecular weight excluding hydrogens is 345 g/mol. The van der Waals surface area contributed by atoms with Crippen LogP contribution >= 0.6 is 22.9 Å². The van der Waals surface area contributed by atoms with Crippen LogP contribution in [0.25, 0.3) is 0 Å². The van der Waals surface area contributed by atoms with E-state index in [1.165, 1.54) is 16.8 Å². The molecule has 1 nitrogen and oxygen atoms in total. The van der Waals surface area contributed by atoms with Gasteiger partial charge in [0, 0.05) is 5.92 Å². The molecule has 1 heterocycles. The molecule has 2 unspecified atom stereocenters. The number of hydrogen-bond donors (Lipinski definition) is 0. The normalized spacial score (nSPS) is 28.5. The molecule has 0 N–H and O–H groups in total. The summed E-state index contributed by atoms with van der Waals surface area (Å²) in [6.45, 7) is 9.24. The number of halogens is 1. The van der Waals surface area contributed by atoms with Gasteiger partial charge in [0.2, 0.25) is 0 Å². The Morgan fingerprint density at radius 1 is 1.21 bits per heavy atom. The molecule has 0 amide bonds. The quantitative estimate of drug-likeness (QED) is 0.456. The van der Waals surface area contributed by atoms with Gasteiger partial charge in [-0.15, -0.1) is 0 Å². The summed E-state index contributed by atoms with van der Waals surface area (Å²) in [5, 5.41) is 0. The number of fused-ring (bicyclic) bond motifs is 3. The van der Waals surface area contributed by atoms with E-state index < -0.39 is 0 Å². The van der Waals surface area contributed by atoms with E-state index in [1.807, 2.05) is 0 Å². The molecule has 1 aliphatic heterocycles. The summed E-state index contributed by atoms with van der Waals surface area (Å²) >= 11 is 2.47. The average Bonchev–Trinajstić information content (AvgIpc) is 2.58. The van der Waals surface area contributed by atoms with Crippen LogP contribution in [0.3, 0.4) is 0 Å². The van der Waals surface area contributed by atoms with Crippen molar-refractivity contribution in [1.29, 1.82) is 0 Å². The van der Waals surface area contributed by atoms with E-state index in [2.05, 4.69) is 96.2 Å². The molecule has 1 aromatic carbocycles. The smallest absolute Gasteiger partial charge is 0.0759 e. The van der Waals surface area contributed by atoms with Crippen LogP contribution in [0.2, 0.25) is 0 Å². The second kappa shape index (κ2) is 4.11. The van der Waals surface area contributed by atoms with E-state index in [4.69, 9.17) is 0 Å².